The van der Waals surface area contributed by atoms with E-state index in [1.165, 1.54) is 0 Å². The molecule has 0 radical (unpaired) electrons. The second-order valence-corrected chi connectivity index (χ2v) is 4.98. The van der Waals surface area contributed by atoms with Crippen molar-refractivity contribution >= 4 is 33.6 Å². The SMILES string of the molecule is CNc1nc(C)nc(Nc2nc(C)cc(Br)c2C)n1. The highest BCUT2D eigenvalue weighted by molar-refractivity contribution is 9.10. The summed E-state index contributed by atoms with van der Waals surface area (Å²) in [5.41, 5.74) is 1.93. The monoisotopic (exact) mass is 322 g/mol. The van der Waals surface area contributed by atoms with Gasteiger partial charge in [-0.25, -0.2) is 4.98 Å². The molecule has 2 rings (SSSR count). The van der Waals surface area contributed by atoms with Crippen LogP contribution in [0, 0.1) is 20.8 Å². The van der Waals surface area contributed by atoms with Crippen LogP contribution in [0.3, 0.4) is 0 Å². The smallest absolute Gasteiger partial charge is 0.233 e. The molecule has 2 N–H and O–H groups in total. The second-order valence-electron chi connectivity index (χ2n) is 4.12. The molecule has 6 nitrogen and oxygen atoms in total. The summed E-state index contributed by atoms with van der Waals surface area (Å²) in [7, 11) is 1.77. The Morgan fingerprint density at radius 1 is 1.00 bits per heavy atom. The summed E-state index contributed by atoms with van der Waals surface area (Å²) in [4.78, 5) is 17.1. The predicted molar refractivity (Wildman–Crippen MR) is 78.8 cm³/mol. The van der Waals surface area contributed by atoms with E-state index < -0.39 is 0 Å². The van der Waals surface area contributed by atoms with Gasteiger partial charge in [-0.15, -0.1) is 0 Å². The van der Waals surface area contributed by atoms with Crippen LogP contribution in [-0.4, -0.2) is 27.0 Å². The van der Waals surface area contributed by atoms with Crippen LogP contribution >= 0.6 is 15.9 Å². The van der Waals surface area contributed by atoms with E-state index in [0.717, 1.165) is 21.5 Å². The van der Waals surface area contributed by atoms with Crippen molar-refractivity contribution in [2.75, 3.05) is 17.7 Å². The van der Waals surface area contributed by atoms with Gasteiger partial charge in [0.05, 0.1) is 0 Å². The largest absolute Gasteiger partial charge is 0.357 e. The highest BCUT2D eigenvalue weighted by atomic mass is 79.9. The lowest BCUT2D eigenvalue weighted by atomic mass is 10.2. The van der Waals surface area contributed by atoms with Gasteiger partial charge in [-0.1, -0.05) is 15.9 Å². The quantitative estimate of drug-likeness (QED) is 0.904. The first-order chi connectivity index (χ1) is 8.99. The molecule has 0 aliphatic heterocycles. The first-order valence-corrected chi connectivity index (χ1v) is 6.60. The molecule has 100 valence electrons. The second kappa shape index (κ2) is 5.48. The summed E-state index contributed by atoms with van der Waals surface area (Å²) >= 11 is 3.51. The third-order valence-corrected chi connectivity index (χ3v) is 3.36. The molecule has 0 unspecified atom stereocenters. The van der Waals surface area contributed by atoms with Gasteiger partial charge in [-0.2, -0.15) is 15.0 Å². The van der Waals surface area contributed by atoms with E-state index in [1.54, 1.807) is 7.05 Å². The topological polar surface area (TPSA) is 75.6 Å². The first kappa shape index (κ1) is 13.7. The van der Waals surface area contributed by atoms with Crippen molar-refractivity contribution in [2.45, 2.75) is 20.8 Å². The number of pyridine rings is 1. The van der Waals surface area contributed by atoms with Crippen molar-refractivity contribution in [3.05, 3.63) is 27.6 Å². The molecule has 0 aromatic carbocycles. The van der Waals surface area contributed by atoms with Gasteiger partial charge in [0.25, 0.3) is 0 Å². The lowest BCUT2D eigenvalue weighted by Crippen LogP contribution is -2.07. The predicted octanol–water partition coefficient (Wildman–Crippen LogP) is 2.74. The molecule has 19 heavy (non-hydrogen) atoms. The Morgan fingerprint density at radius 2 is 1.68 bits per heavy atom. The highest BCUT2D eigenvalue weighted by Gasteiger charge is 2.09. The number of aryl methyl sites for hydroxylation is 2. The molecule has 0 aliphatic rings. The van der Waals surface area contributed by atoms with E-state index in [0.29, 0.717) is 17.7 Å². The number of nitrogens with one attached hydrogen (secondary N) is 2. The van der Waals surface area contributed by atoms with Crippen molar-refractivity contribution in [1.82, 2.24) is 19.9 Å². The third-order valence-electron chi connectivity index (χ3n) is 2.54. The summed E-state index contributed by atoms with van der Waals surface area (Å²) in [6.45, 7) is 5.74. The van der Waals surface area contributed by atoms with Crippen LogP contribution in [0.25, 0.3) is 0 Å². The molecule has 0 amide bonds. The number of aromatic nitrogens is 4. The van der Waals surface area contributed by atoms with Crippen LogP contribution in [-0.2, 0) is 0 Å². The minimum atomic E-state index is 0.477. The van der Waals surface area contributed by atoms with E-state index in [2.05, 4.69) is 46.5 Å². The molecule has 0 saturated carbocycles. The zero-order valence-electron chi connectivity index (χ0n) is 11.2. The summed E-state index contributed by atoms with van der Waals surface area (Å²) in [6.07, 6.45) is 0. The van der Waals surface area contributed by atoms with Crippen LogP contribution < -0.4 is 10.6 Å². The molecular weight excluding hydrogens is 308 g/mol. The van der Waals surface area contributed by atoms with Crippen LogP contribution in [0.2, 0.25) is 0 Å². The van der Waals surface area contributed by atoms with E-state index in [1.807, 2.05) is 26.8 Å². The molecule has 0 spiro atoms. The summed E-state index contributed by atoms with van der Waals surface area (Å²) in [6, 6.07) is 1.97. The fraction of sp³-hybridized carbons (Fsp3) is 0.333. The lowest BCUT2D eigenvalue weighted by molar-refractivity contribution is 0.979. The van der Waals surface area contributed by atoms with E-state index in [4.69, 9.17) is 0 Å². The molecule has 7 heteroatoms. The third kappa shape index (κ3) is 3.17. The minimum absolute atomic E-state index is 0.477. The Hall–Kier alpha value is -1.76. The maximum absolute atomic E-state index is 4.45. The van der Waals surface area contributed by atoms with Gasteiger partial charge in [0.1, 0.15) is 11.6 Å². The van der Waals surface area contributed by atoms with Crippen LogP contribution in [0.15, 0.2) is 10.5 Å². The standard InChI is InChI=1S/C12H15BrN6/c1-6-5-9(13)7(2)10(15-6)18-12-17-8(3)16-11(14-4)19-12/h5H,1-4H3,(H2,14,15,16,17,18,19). The fourth-order valence-corrected chi connectivity index (χ4v) is 2.09. The summed E-state index contributed by atoms with van der Waals surface area (Å²) in [5.74, 6) is 2.38. The Kier molecular flexibility index (Phi) is 3.94. The van der Waals surface area contributed by atoms with E-state index in [9.17, 15) is 0 Å². The molecule has 0 atom stereocenters. The zero-order valence-corrected chi connectivity index (χ0v) is 12.8. The van der Waals surface area contributed by atoms with Gasteiger partial charge in [0.15, 0.2) is 0 Å². The molecule has 0 aliphatic carbocycles. The number of halogens is 1. The number of anilines is 3. The van der Waals surface area contributed by atoms with Gasteiger partial charge in [-0.3, -0.25) is 0 Å². The molecular formula is C12H15BrN6. The fourth-order valence-electron chi connectivity index (χ4n) is 1.57. The average Bonchev–Trinajstić information content (AvgIpc) is 2.34. The Balaban J connectivity index is 2.38. The van der Waals surface area contributed by atoms with Crippen molar-refractivity contribution in [3.63, 3.8) is 0 Å². The van der Waals surface area contributed by atoms with E-state index >= 15 is 0 Å². The van der Waals surface area contributed by atoms with Crippen LogP contribution in [0.1, 0.15) is 17.1 Å². The Morgan fingerprint density at radius 3 is 2.37 bits per heavy atom. The highest BCUT2D eigenvalue weighted by Crippen LogP contribution is 2.24. The molecule has 2 aromatic heterocycles. The van der Waals surface area contributed by atoms with Crippen molar-refractivity contribution < 1.29 is 0 Å². The Labute approximate surface area is 120 Å². The molecule has 2 aromatic rings. The normalized spacial score (nSPS) is 10.4. The van der Waals surface area contributed by atoms with Gasteiger partial charge < -0.3 is 10.6 Å². The zero-order chi connectivity index (χ0) is 14.0. The van der Waals surface area contributed by atoms with Crippen molar-refractivity contribution in [3.8, 4) is 0 Å². The van der Waals surface area contributed by atoms with Gasteiger partial charge in [-0.05, 0) is 26.8 Å². The van der Waals surface area contributed by atoms with E-state index in [-0.39, 0.29) is 0 Å². The number of hydrogen-bond acceptors (Lipinski definition) is 6. The average molecular weight is 323 g/mol. The first-order valence-electron chi connectivity index (χ1n) is 5.81. The van der Waals surface area contributed by atoms with Gasteiger partial charge in [0.2, 0.25) is 11.9 Å². The van der Waals surface area contributed by atoms with Gasteiger partial charge >= 0.3 is 0 Å². The van der Waals surface area contributed by atoms with Crippen molar-refractivity contribution in [2.24, 2.45) is 0 Å². The van der Waals surface area contributed by atoms with Crippen LogP contribution in [0.5, 0.6) is 0 Å². The molecule has 0 fully saturated rings. The minimum Gasteiger partial charge on any atom is -0.357 e. The maximum Gasteiger partial charge on any atom is 0.233 e. The lowest BCUT2D eigenvalue weighted by Gasteiger charge is -2.10. The molecule has 2 heterocycles. The molecule has 0 bridgehead atoms. The molecule has 0 saturated heterocycles. The Bertz CT molecular complexity index is 613. The number of nitrogens with zero attached hydrogens (tertiary/aromatic N) is 4. The number of rotatable bonds is 3. The maximum atomic E-state index is 4.45. The number of hydrogen-bond donors (Lipinski definition) is 2. The van der Waals surface area contributed by atoms with Crippen LogP contribution in [0.4, 0.5) is 17.7 Å². The summed E-state index contributed by atoms with van der Waals surface area (Å²) in [5, 5.41) is 6.03. The van der Waals surface area contributed by atoms with Gasteiger partial charge in [0, 0.05) is 22.8 Å². The van der Waals surface area contributed by atoms with Crippen molar-refractivity contribution in [1.29, 1.82) is 0 Å². The summed E-state index contributed by atoms with van der Waals surface area (Å²) < 4.78 is 1.00.